The molecular weight excluding hydrogens is 222 g/mol. The molecule has 4 nitrogen and oxygen atoms in total. The van der Waals surface area contributed by atoms with Crippen molar-refractivity contribution in [2.45, 2.75) is 6.54 Å². The Kier molecular flexibility index (Phi) is 3.14. The SMILES string of the molecule is Cn1cnc2cc(CNC(=O)CS)ccc21. The number of benzene rings is 1. The molecule has 2 rings (SSSR count). The standard InChI is InChI=1S/C11H13N3OS/c1-14-7-13-9-4-8(2-3-10(9)14)5-12-11(15)6-16/h2-4,7,16H,5-6H2,1H3,(H,12,15). The highest BCUT2D eigenvalue weighted by Crippen LogP contribution is 2.13. The molecule has 0 atom stereocenters. The third-order valence-corrected chi connectivity index (χ3v) is 2.71. The summed E-state index contributed by atoms with van der Waals surface area (Å²) in [4.78, 5) is 15.3. The first-order chi connectivity index (χ1) is 7.70. The molecule has 0 aliphatic carbocycles. The summed E-state index contributed by atoms with van der Waals surface area (Å²) in [5, 5.41) is 2.77. The van der Waals surface area contributed by atoms with E-state index in [1.54, 1.807) is 6.33 Å². The van der Waals surface area contributed by atoms with E-state index in [0.717, 1.165) is 16.6 Å². The molecule has 0 saturated heterocycles. The zero-order valence-corrected chi connectivity index (χ0v) is 9.87. The maximum atomic E-state index is 11.0. The molecule has 0 aliphatic heterocycles. The number of hydrogen-bond acceptors (Lipinski definition) is 3. The summed E-state index contributed by atoms with van der Waals surface area (Å²) in [6.45, 7) is 0.520. The predicted molar refractivity (Wildman–Crippen MR) is 66.4 cm³/mol. The Hall–Kier alpha value is -1.49. The smallest absolute Gasteiger partial charge is 0.229 e. The van der Waals surface area contributed by atoms with Gasteiger partial charge in [-0.15, -0.1) is 0 Å². The van der Waals surface area contributed by atoms with Crippen LogP contribution in [0, 0.1) is 0 Å². The normalized spacial score (nSPS) is 10.6. The van der Waals surface area contributed by atoms with E-state index in [1.807, 2.05) is 29.8 Å². The van der Waals surface area contributed by atoms with Crippen molar-refractivity contribution in [1.82, 2.24) is 14.9 Å². The van der Waals surface area contributed by atoms with E-state index in [9.17, 15) is 4.79 Å². The van der Waals surface area contributed by atoms with Crippen LogP contribution in [0.4, 0.5) is 0 Å². The Morgan fingerprint density at radius 1 is 1.56 bits per heavy atom. The summed E-state index contributed by atoms with van der Waals surface area (Å²) in [6.07, 6.45) is 1.78. The first kappa shape index (κ1) is 11.0. The van der Waals surface area contributed by atoms with Crippen LogP contribution in [0.25, 0.3) is 11.0 Å². The third-order valence-electron chi connectivity index (χ3n) is 2.42. The quantitative estimate of drug-likeness (QED) is 0.783. The summed E-state index contributed by atoms with van der Waals surface area (Å²) >= 11 is 3.90. The minimum atomic E-state index is -0.0653. The average molecular weight is 235 g/mol. The minimum absolute atomic E-state index is 0.0653. The van der Waals surface area contributed by atoms with Gasteiger partial charge in [0.25, 0.3) is 0 Å². The molecule has 0 fully saturated rings. The molecule has 1 aromatic heterocycles. The average Bonchev–Trinajstić information content (AvgIpc) is 2.67. The van der Waals surface area contributed by atoms with Crippen LogP contribution in [-0.2, 0) is 18.4 Å². The zero-order valence-electron chi connectivity index (χ0n) is 8.97. The second-order valence-electron chi connectivity index (χ2n) is 3.61. The van der Waals surface area contributed by atoms with Crippen LogP contribution < -0.4 is 5.32 Å². The number of aromatic nitrogens is 2. The summed E-state index contributed by atoms with van der Waals surface area (Å²) < 4.78 is 1.96. The highest BCUT2D eigenvalue weighted by atomic mass is 32.1. The number of hydrogen-bond donors (Lipinski definition) is 2. The molecule has 16 heavy (non-hydrogen) atoms. The summed E-state index contributed by atoms with van der Waals surface area (Å²) in [5.41, 5.74) is 3.07. The van der Waals surface area contributed by atoms with Crippen molar-refractivity contribution >= 4 is 29.6 Å². The van der Waals surface area contributed by atoms with Crippen LogP contribution in [0.3, 0.4) is 0 Å². The van der Waals surface area contributed by atoms with Gasteiger partial charge in [0.05, 0.1) is 23.1 Å². The molecule has 0 spiro atoms. The van der Waals surface area contributed by atoms with Crippen LogP contribution >= 0.6 is 12.6 Å². The lowest BCUT2D eigenvalue weighted by Crippen LogP contribution is -2.23. The van der Waals surface area contributed by atoms with Gasteiger partial charge in [-0.1, -0.05) is 6.07 Å². The summed E-state index contributed by atoms with van der Waals surface area (Å²) in [7, 11) is 1.96. The maximum Gasteiger partial charge on any atom is 0.229 e. The van der Waals surface area contributed by atoms with Crippen LogP contribution in [0.2, 0.25) is 0 Å². The van der Waals surface area contributed by atoms with Gasteiger partial charge in [0, 0.05) is 13.6 Å². The fourth-order valence-corrected chi connectivity index (χ4v) is 1.66. The second kappa shape index (κ2) is 4.57. The predicted octanol–water partition coefficient (Wildman–Crippen LogP) is 1.12. The Labute approximate surface area is 99.1 Å². The van der Waals surface area contributed by atoms with Gasteiger partial charge in [-0.2, -0.15) is 12.6 Å². The minimum Gasteiger partial charge on any atom is -0.351 e. The molecule has 0 saturated carbocycles. The molecule has 0 unspecified atom stereocenters. The van der Waals surface area contributed by atoms with Crippen molar-refractivity contribution in [1.29, 1.82) is 0 Å². The van der Waals surface area contributed by atoms with Crippen molar-refractivity contribution in [3.63, 3.8) is 0 Å². The van der Waals surface area contributed by atoms with E-state index >= 15 is 0 Å². The van der Waals surface area contributed by atoms with Gasteiger partial charge in [-0.25, -0.2) is 4.98 Å². The number of carbonyl (C=O) groups excluding carboxylic acids is 1. The van der Waals surface area contributed by atoms with Gasteiger partial charge in [-0.05, 0) is 17.7 Å². The Morgan fingerprint density at radius 3 is 3.12 bits per heavy atom. The first-order valence-corrected chi connectivity index (χ1v) is 5.61. The van der Waals surface area contributed by atoms with Gasteiger partial charge >= 0.3 is 0 Å². The van der Waals surface area contributed by atoms with Crippen LogP contribution in [0.5, 0.6) is 0 Å². The lowest BCUT2D eigenvalue weighted by molar-refractivity contribution is -0.118. The lowest BCUT2D eigenvalue weighted by Gasteiger charge is -2.03. The molecule has 0 radical (unpaired) electrons. The van der Waals surface area contributed by atoms with E-state index in [-0.39, 0.29) is 11.7 Å². The molecule has 5 heteroatoms. The summed E-state index contributed by atoms with van der Waals surface area (Å²) in [6, 6.07) is 5.97. The van der Waals surface area contributed by atoms with E-state index in [4.69, 9.17) is 0 Å². The molecule has 1 N–H and O–H groups in total. The molecule has 1 heterocycles. The molecule has 84 valence electrons. The van der Waals surface area contributed by atoms with Gasteiger partial charge < -0.3 is 9.88 Å². The number of nitrogens with zero attached hydrogens (tertiary/aromatic N) is 2. The number of nitrogens with one attached hydrogen (secondary N) is 1. The molecule has 0 aliphatic rings. The van der Waals surface area contributed by atoms with E-state index < -0.39 is 0 Å². The highest BCUT2D eigenvalue weighted by Gasteiger charge is 2.02. The molecule has 1 amide bonds. The van der Waals surface area contributed by atoms with Gasteiger partial charge in [0.2, 0.25) is 5.91 Å². The van der Waals surface area contributed by atoms with Crippen LogP contribution in [0.15, 0.2) is 24.5 Å². The fourth-order valence-electron chi connectivity index (χ4n) is 1.55. The van der Waals surface area contributed by atoms with Gasteiger partial charge in [-0.3, -0.25) is 4.79 Å². The molecule has 0 bridgehead atoms. The number of fused-ring (bicyclic) bond motifs is 1. The second-order valence-corrected chi connectivity index (χ2v) is 3.93. The Morgan fingerprint density at radius 2 is 2.38 bits per heavy atom. The van der Waals surface area contributed by atoms with Gasteiger partial charge in [0.1, 0.15) is 0 Å². The van der Waals surface area contributed by atoms with Crippen molar-refractivity contribution in [3.8, 4) is 0 Å². The van der Waals surface area contributed by atoms with E-state index in [2.05, 4.69) is 22.9 Å². The Balaban J connectivity index is 2.17. The number of carbonyl (C=O) groups is 1. The fraction of sp³-hybridized carbons (Fsp3) is 0.273. The molecule has 2 aromatic rings. The zero-order chi connectivity index (χ0) is 11.5. The molecule has 1 aromatic carbocycles. The Bertz CT molecular complexity index is 521. The van der Waals surface area contributed by atoms with Crippen LogP contribution in [-0.4, -0.2) is 21.2 Å². The molecular formula is C11H13N3OS. The van der Waals surface area contributed by atoms with Crippen molar-refractivity contribution in [2.24, 2.45) is 7.05 Å². The summed E-state index contributed by atoms with van der Waals surface area (Å²) in [5.74, 6) is 0.149. The van der Waals surface area contributed by atoms with E-state index in [1.165, 1.54) is 0 Å². The topological polar surface area (TPSA) is 46.9 Å². The number of thiol groups is 1. The number of aryl methyl sites for hydroxylation is 1. The largest absolute Gasteiger partial charge is 0.351 e. The third kappa shape index (κ3) is 2.19. The van der Waals surface area contributed by atoms with Crippen LogP contribution in [0.1, 0.15) is 5.56 Å². The maximum absolute atomic E-state index is 11.0. The monoisotopic (exact) mass is 235 g/mol. The van der Waals surface area contributed by atoms with Crippen molar-refractivity contribution < 1.29 is 4.79 Å². The number of rotatable bonds is 3. The van der Waals surface area contributed by atoms with Gasteiger partial charge in [0.15, 0.2) is 0 Å². The number of amides is 1. The van der Waals surface area contributed by atoms with E-state index in [0.29, 0.717) is 6.54 Å². The lowest BCUT2D eigenvalue weighted by atomic mass is 10.2. The van der Waals surface area contributed by atoms with Crippen molar-refractivity contribution in [2.75, 3.05) is 5.75 Å². The first-order valence-electron chi connectivity index (χ1n) is 4.98. The highest BCUT2D eigenvalue weighted by molar-refractivity contribution is 7.81. The van der Waals surface area contributed by atoms with Crippen molar-refractivity contribution in [3.05, 3.63) is 30.1 Å². The number of imidazole rings is 1.